The van der Waals surface area contributed by atoms with E-state index in [1.807, 2.05) is 28.7 Å². The van der Waals surface area contributed by atoms with Crippen LogP contribution >= 0.6 is 34.2 Å². The number of morpholine rings is 1. The molecule has 2 N–H and O–H groups in total. The van der Waals surface area contributed by atoms with Gasteiger partial charge in [0.25, 0.3) is 0 Å². The summed E-state index contributed by atoms with van der Waals surface area (Å²) in [7, 11) is -3.80. The zero-order chi connectivity index (χ0) is 22.7. The van der Waals surface area contributed by atoms with Crippen LogP contribution in [0, 0.1) is 10.8 Å². The molecule has 32 heavy (non-hydrogen) atoms. The molecule has 4 rings (SSSR count). The zero-order valence-corrected chi connectivity index (χ0v) is 20.5. The molecule has 0 bridgehead atoms. The predicted octanol–water partition coefficient (Wildman–Crippen LogP) is 2.63. The van der Waals surface area contributed by atoms with E-state index < -0.39 is 10.2 Å². The van der Waals surface area contributed by atoms with Gasteiger partial charge in [0.2, 0.25) is 0 Å². The average Bonchev–Trinajstić information content (AvgIpc) is 2.76. The maximum atomic E-state index is 12.7. The van der Waals surface area contributed by atoms with Crippen molar-refractivity contribution in [3.8, 4) is 11.4 Å². The van der Waals surface area contributed by atoms with Crippen LogP contribution < -0.4 is 10.0 Å². The molecule has 0 amide bonds. The van der Waals surface area contributed by atoms with Crippen molar-refractivity contribution in [2.24, 2.45) is 0 Å². The quantitative estimate of drug-likeness (QED) is 0.329. The Balaban J connectivity index is 1.61. The molecule has 168 valence electrons. The Bertz CT molecular complexity index is 1220. The van der Waals surface area contributed by atoms with E-state index in [-0.39, 0.29) is 23.9 Å². The molecule has 3 aromatic rings. The molecule has 0 aliphatic carbocycles. The van der Waals surface area contributed by atoms with Crippen molar-refractivity contribution in [2.75, 3.05) is 36.3 Å². The highest BCUT2D eigenvalue weighted by Gasteiger charge is 2.25. The topological polar surface area (TPSA) is 135 Å². The molecule has 3 aromatic heterocycles. The Morgan fingerprint density at radius 1 is 1.19 bits per heavy atom. The highest BCUT2D eigenvalue weighted by Crippen LogP contribution is 2.29. The van der Waals surface area contributed by atoms with Gasteiger partial charge in [-0.25, -0.2) is 24.9 Å². The Morgan fingerprint density at radius 2 is 1.97 bits per heavy atom. The second-order valence-corrected chi connectivity index (χ2v) is 9.67. The summed E-state index contributed by atoms with van der Waals surface area (Å²) in [4.78, 5) is 21.4. The first kappa shape index (κ1) is 23.0. The molecule has 4 heterocycles. The number of anilines is 3. The van der Waals surface area contributed by atoms with Crippen molar-refractivity contribution < 1.29 is 13.2 Å². The molecule has 0 atom stereocenters. The van der Waals surface area contributed by atoms with Crippen LogP contribution in [0.3, 0.4) is 0 Å². The van der Waals surface area contributed by atoms with E-state index in [4.69, 9.17) is 16.3 Å². The van der Waals surface area contributed by atoms with Gasteiger partial charge in [-0.2, -0.15) is 12.7 Å². The van der Waals surface area contributed by atoms with Gasteiger partial charge in [0.05, 0.1) is 36.3 Å². The van der Waals surface area contributed by atoms with Gasteiger partial charge in [-0.15, -0.1) is 0 Å². The number of aryl methyl sites for hydroxylation is 1. The van der Waals surface area contributed by atoms with Crippen LogP contribution in [0.25, 0.3) is 11.4 Å². The third-order valence-electron chi connectivity index (χ3n) is 4.42. The summed E-state index contributed by atoms with van der Waals surface area (Å²) in [5.74, 6) is 1.52. The summed E-state index contributed by atoms with van der Waals surface area (Å²) < 4.78 is 35.0. The number of hydrogen-bond acceptors (Lipinski definition) is 9. The van der Waals surface area contributed by atoms with E-state index >= 15 is 0 Å². The summed E-state index contributed by atoms with van der Waals surface area (Å²) >= 11 is 8.18. The summed E-state index contributed by atoms with van der Waals surface area (Å²) in [6.45, 7) is 2.99. The van der Waals surface area contributed by atoms with Crippen LogP contribution in [0.1, 0.15) is 5.82 Å². The number of rotatable bonds is 6. The number of pyridine rings is 2. The lowest BCUT2D eigenvalue weighted by molar-refractivity contribution is 0.0733. The standard InChI is InChI=1S/C18H18ClIN8O3S/c1-11-23-17(26-18(20)24-11)13-3-2-4-21-16(13)25-12-9-14(15(19)22-10-12)27-32(29,30)28-5-7-31-8-6-28/h2-4,9-10,27H,5-8H2,1H3,(H,21,25). The van der Waals surface area contributed by atoms with Crippen LogP contribution in [0.4, 0.5) is 17.2 Å². The minimum Gasteiger partial charge on any atom is -0.379 e. The highest BCUT2D eigenvalue weighted by atomic mass is 127. The predicted molar refractivity (Wildman–Crippen MR) is 128 cm³/mol. The number of nitrogens with zero attached hydrogens (tertiary/aromatic N) is 6. The second kappa shape index (κ2) is 9.74. The van der Waals surface area contributed by atoms with Crippen molar-refractivity contribution in [2.45, 2.75) is 6.92 Å². The molecule has 0 aromatic carbocycles. The van der Waals surface area contributed by atoms with Crippen molar-refractivity contribution in [3.05, 3.63) is 45.4 Å². The van der Waals surface area contributed by atoms with Crippen molar-refractivity contribution in [1.82, 2.24) is 29.2 Å². The van der Waals surface area contributed by atoms with E-state index in [1.54, 1.807) is 25.3 Å². The molecule has 0 saturated carbocycles. The molecular formula is C18H18ClIN8O3S. The summed E-state index contributed by atoms with van der Waals surface area (Å²) in [6, 6.07) is 5.15. The Labute approximate surface area is 203 Å². The largest absolute Gasteiger partial charge is 0.379 e. The lowest BCUT2D eigenvalue weighted by Gasteiger charge is -2.26. The number of nitrogens with one attached hydrogen (secondary N) is 2. The van der Waals surface area contributed by atoms with Gasteiger partial charge >= 0.3 is 10.2 Å². The van der Waals surface area contributed by atoms with E-state index in [0.29, 0.717) is 45.8 Å². The number of ether oxygens (including phenoxy) is 1. The van der Waals surface area contributed by atoms with E-state index in [2.05, 4.69) is 35.0 Å². The number of halogens is 2. The van der Waals surface area contributed by atoms with E-state index in [9.17, 15) is 8.42 Å². The van der Waals surface area contributed by atoms with Gasteiger partial charge in [-0.1, -0.05) is 11.6 Å². The average molecular weight is 589 g/mol. The third kappa shape index (κ3) is 5.40. The Morgan fingerprint density at radius 3 is 2.72 bits per heavy atom. The van der Waals surface area contributed by atoms with Crippen LogP contribution in [0.15, 0.2) is 30.6 Å². The molecule has 1 fully saturated rings. The normalized spacial score (nSPS) is 14.8. The highest BCUT2D eigenvalue weighted by molar-refractivity contribution is 14.1. The smallest absolute Gasteiger partial charge is 0.301 e. The van der Waals surface area contributed by atoms with E-state index in [0.717, 1.165) is 0 Å². The fraction of sp³-hybridized carbons (Fsp3) is 0.278. The van der Waals surface area contributed by atoms with Crippen LogP contribution in [0.5, 0.6) is 0 Å². The lowest BCUT2D eigenvalue weighted by Crippen LogP contribution is -2.43. The Hall–Kier alpha value is -2.20. The van der Waals surface area contributed by atoms with Crippen LogP contribution in [-0.2, 0) is 14.9 Å². The zero-order valence-electron chi connectivity index (χ0n) is 16.8. The first-order chi connectivity index (χ1) is 15.3. The summed E-state index contributed by atoms with van der Waals surface area (Å²) in [6.07, 6.45) is 3.10. The molecule has 0 radical (unpaired) electrons. The maximum Gasteiger partial charge on any atom is 0.301 e. The molecule has 0 spiro atoms. The third-order valence-corrected chi connectivity index (χ3v) is 6.73. The van der Waals surface area contributed by atoms with Crippen LogP contribution in [-0.4, -0.2) is 63.9 Å². The summed E-state index contributed by atoms with van der Waals surface area (Å²) in [5, 5.41) is 3.16. The van der Waals surface area contributed by atoms with Crippen LogP contribution in [0.2, 0.25) is 5.15 Å². The van der Waals surface area contributed by atoms with Gasteiger partial charge in [-0.05, 0) is 25.1 Å². The van der Waals surface area contributed by atoms with Crippen molar-refractivity contribution >= 4 is 61.6 Å². The van der Waals surface area contributed by atoms with Gasteiger partial charge in [0, 0.05) is 41.9 Å². The fourth-order valence-electron chi connectivity index (χ4n) is 2.97. The van der Waals surface area contributed by atoms with Gasteiger partial charge in [-0.3, -0.25) is 4.72 Å². The van der Waals surface area contributed by atoms with Gasteiger partial charge < -0.3 is 10.1 Å². The molecule has 11 nitrogen and oxygen atoms in total. The molecule has 1 saturated heterocycles. The van der Waals surface area contributed by atoms with Gasteiger partial charge in [0.15, 0.2) is 14.8 Å². The number of hydrogen-bond donors (Lipinski definition) is 2. The van der Waals surface area contributed by atoms with E-state index in [1.165, 1.54) is 10.5 Å². The molecule has 1 aliphatic heterocycles. The molecule has 1 aliphatic rings. The van der Waals surface area contributed by atoms with Crippen molar-refractivity contribution in [1.29, 1.82) is 0 Å². The minimum absolute atomic E-state index is 0.0243. The molecule has 0 unspecified atom stereocenters. The number of aromatic nitrogens is 5. The SMILES string of the molecule is Cc1nc(I)nc(-c2cccnc2Nc2cnc(Cl)c(NS(=O)(=O)N3CCOCC3)c2)n1. The maximum absolute atomic E-state index is 12.7. The monoisotopic (exact) mass is 588 g/mol. The van der Waals surface area contributed by atoms with Crippen molar-refractivity contribution in [3.63, 3.8) is 0 Å². The molecule has 14 heteroatoms. The fourth-order valence-corrected chi connectivity index (χ4v) is 4.95. The van der Waals surface area contributed by atoms with Gasteiger partial charge in [0.1, 0.15) is 11.6 Å². The first-order valence-corrected chi connectivity index (χ1v) is 12.3. The minimum atomic E-state index is -3.80. The second-order valence-electron chi connectivity index (χ2n) is 6.68. The Kier molecular flexibility index (Phi) is 6.99. The lowest BCUT2D eigenvalue weighted by atomic mass is 10.2. The first-order valence-electron chi connectivity index (χ1n) is 9.43. The molecular weight excluding hydrogens is 571 g/mol. The summed E-state index contributed by atoms with van der Waals surface area (Å²) in [5.41, 5.74) is 1.28.